The van der Waals surface area contributed by atoms with Crippen LogP contribution in [0.1, 0.15) is 11.7 Å². The van der Waals surface area contributed by atoms with Gasteiger partial charge in [0.1, 0.15) is 36.3 Å². The summed E-state index contributed by atoms with van der Waals surface area (Å²) in [5, 5.41) is 44.2. The maximum atomic E-state index is 11.9. The highest BCUT2D eigenvalue weighted by Gasteiger charge is 2.43. The van der Waals surface area contributed by atoms with E-state index in [-0.39, 0.29) is 5.75 Å². The standard InChI is InChI=1S/C17H19NO7S/c19-8-11-13(20)14(21)15(22)16(25-11)9-3-1-4-10(7-9)24-17(23)18-12-5-2-6-26-12/h1-7,11,13-16,19-22H,8H2,(H,18,23)/t11-,13-,14+,15-,16-/m1/s1. The summed E-state index contributed by atoms with van der Waals surface area (Å²) in [6, 6.07) is 9.79. The van der Waals surface area contributed by atoms with Crippen molar-refractivity contribution in [2.45, 2.75) is 30.5 Å². The van der Waals surface area contributed by atoms with Crippen LogP contribution in [-0.4, -0.2) is 57.5 Å². The number of hydrogen-bond acceptors (Lipinski definition) is 8. The van der Waals surface area contributed by atoms with Crippen molar-refractivity contribution in [1.29, 1.82) is 0 Å². The number of thiophene rings is 1. The lowest BCUT2D eigenvalue weighted by Gasteiger charge is -2.40. The van der Waals surface area contributed by atoms with Crippen LogP contribution in [0, 0.1) is 0 Å². The van der Waals surface area contributed by atoms with Gasteiger partial charge >= 0.3 is 6.09 Å². The lowest BCUT2D eigenvalue weighted by Crippen LogP contribution is -2.55. The number of aliphatic hydroxyl groups is 4. The minimum atomic E-state index is -1.47. The van der Waals surface area contributed by atoms with Crippen LogP contribution in [-0.2, 0) is 4.74 Å². The molecule has 5 atom stereocenters. The molecule has 0 unspecified atom stereocenters. The predicted molar refractivity (Wildman–Crippen MR) is 93.1 cm³/mol. The highest BCUT2D eigenvalue weighted by atomic mass is 32.1. The third-order valence-corrected chi connectivity index (χ3v) is 4.82. The Morgan fingerprint density at radius 1 is 1.15 bits per heavy atom. The third kappa shape index (κ3) is 4.04. The largest absolute Gasteiger partial charge is 0.417 e. The number of carbonyl (C=O) groups excluding carboxylic acids is 1. The second kappa shape index (κ2) is 8.12. The summed E-state index contributed by atoms with van der Waals surface area (Å²) < 4.78 is 10.7. The fraction of sp³-hybridized carbons (Fsp3) is 0.353. The van der Waals surface area contributed by atoms with Gasteiger partial charge in [0.05, 0.1) is 11.6 Å². The number of aliphatic hydroxyl groups excluding tert-OH is 4. The Hall–Kier alpha value is -2.01. The zero-order valence-corrected chi connectivity index (χ0v) is 14.4. The average molecular weight is 381 g/mol. The number of carbonyl (C=O) groups is 1. The molecule has 2 heterocycles. The van der Waals surface area contributed by atoms with E-state index in [9.17, 15) is 25.2 Å². The molecular weight excluding hydrogens is 362 g/mol. The van der Waals surface area contributed by atoms with Crippen molar-refractivity contribution in [3.05, 3.63) is 47.3 Å². The van der Waals surface area contributed by atoms with Gasteiger partial charge in [-0.25, -0.2) is 4.79 Å². The van der Waals surface area contributed by atoms with E-state index in [1.807, 2.05) is 5.38 Å². The number of ether oxygens (including phenoxy) is 2. The summed E-state index contributed by atoms with van der Waals surface area (Å²) in [7, 11) is 0. The van der Waals surface area contributed by atoms with Gasteiger partial charge in [0, 0.05) is 0 Å². The van der Waals surface area contributed by atoms with E-state index in [0.717, 1.165) is 0 Å². The van der Waals surface area contributed by atoms with Gasteiger partial charge in [-0.2, -0.15) is 0 Å². The highest BCUT2D eigenvalue weighted by Crippen LogP contribution is 2.33. The Labute approximate surface area is 153 Å². The number of hydrogen-bond donors (Lipinski definition) is 5. The summed E-state index contributed by atoms with van der Waals surface area (Å²) in [6.45, 7) is -0.513. The van der Waals surface area contributed by atoms with Crippen LogP contribution in [0.4, 0.5) is 9.80 Å². The lowest BCUT2D eigenvalue weighted by atomic mass is 9.91. The normalized spacial score (nSPS) is 28.5. The number of benzene rings is 1. The Balaban J connectivity index is 1.73. The van der Waals surface area contributed by atoms with E-state index in [1.54, 1.807) is 30.3 Å². The van der Waals surface area contributed by atoms with Crippen LogP contribution < -0.4 is 10.1 Å². The average Bonchev–Trinajstić information content (AvgIpc) is 3.13. The molecule has 1 aliphatic heterocycles. The van der Waals surface area contributed by atoms with Gasteiger partial charge in [0.15, 0.2) is 0 Å². The minimum absolute atomic E-state index is 0.216. The van der Waals surface area contributed by atoms with Crippen LogP contribution in [0.15, 0.2) is 41.8 Å². The molecule has 1 aromatic heterocycles. The Bertz CT molecular complexity index is 736. The molecule has 3 rings (SSSR count). The molecule has 1 saturated heterocycles. The monoisotopic (exact) mass is 381 g/mol. The first kappa shape index (κ1) is 18.8. The van der Waals surface area contributed by atoms with Gasteiger partial charge in [0.2, 0.25) is 0 Å². The zero-order chi connectivity index (χ0) is 18.7. The van der Waals surface area contributed by atoms with E-state index >= 15 is 0 Å². The minimum Gasteiger partial charge on any atom is -0.410 e. The molecule has 1 amide bonds. The van der Waals surface area contributed by atoms with Crippen molar-refractivity contribution >= 4 is 22.4 Å². The smallest absolute Gasteiger partial charge is 0.410 e. The molecule has 1 aromatic carbocycles. The predicted octanol–water partition coefficient (Wildman–Crippen LogP) is 0.874. The fourth-order valence-corrected chi connectivity index (χ4v) is 3.32. The molecule has 0 aliphatic carbocycles. The second-order valence-corrected chi connectivity index (χ2v) is 6.76. The van der Waals surface area contributed by atoms with Crippen LogP contribution in [0.3, 0.4) is 0 Å². The van der Waals surface area contributed by atoms with Gasteiger partial charge < -0.3 is 29.9 Å². The maximum Gasteiger partial charge on any atom is 0.417 e. The van der Waals surface area contributed by atoms with E-state index in [4.69, 9.17) is 9.47 Å². The summed E-state index contributed by atoms with van der Waals surface area (Å²) >= 11 is 1.35. The molecule has 0 radical (unpaired) electrons. The Morgan fingerprint density at radius 2 is 1.96 bits per heavy atom. The third-order valence-electron chi connectivity index (χ3n) is 4.04. The molecule has 140 valence electrons. The first-order valence-corrected chi connectivity index (χ1v) is 8.80. The summed E-state index contributed by atoms with van der Waals surface area (Å²) in [5.41, 5.74) is 0.434. The molecule has 9 heteroatoms. The molecule has 1 fully saturated rings. The number of amides is 1. The van der Waals surface area contributed by atoms with Crippen molar-refractivity contribution in [1.82, 2.24) is 0 Å². The number of rotatable bonds is 4. The maximum absolute atomic E-state index is 11.9. The lowest BCUT2D eigenvalue weighted by molar-refractivity contribution is -0.231. The van der Waals surface area contributed by atoms with E-state index < -0.39 is 43.2 Å². The molecule has 0 spiro atoms. The van der Waals surface area contributed by atoms with Crippen molar-refractivity contribution in [3.8, 4) is 5.75 Å². The first-order valence-electron chi connectivity index (χ1n) is 7.92. The molecule has 0 bridgehead atoms. The molecule has 5 N–H and O–H groups in total. The van der Waals surface area contributed by atoms with Crippen molar-refractivity contribution in [2.75, 3.05) is 11.9 Å². The van der Waals surface area contributed by atoms with Crippen LogP contribution in [0.2, 0.25) is 0 Å². The summed E-state index contributed by atoms with van der Waals surface area (Å²) in [4.78, 5) is 11.9. The van der Waals surface area contributed by atoms with Crippen molar-refractivity contribution in [3.63, 3.8) is 0 Å². The van der Waals surface area contributed by atoms with Gasteiger partial charge in [-0.1, -0.05) is 12.1 Å². The second-order valence-electron chi connectivity index (χ2n) is 5.81. The van der Waals surface area contributed by atoms with Gasteiger partial charge in [-0.05, 0) is 35.2 Å². The number of anilines is 1. The van der Waals surface area contributed by atoms with Gasteiger partial charge in [-0.3, -0.25) is 5.32 Å². The first-order chi connectivity index (χ1) is 12.5. The van der Waals surface area contributed by atoms with Crippen LogP contribution in [0.25, 0.3) is 0 Å². The molecule has 0 saturated carbocycles. The number of nitrogens with one attached hydrogen (secondary N) is 1. The zero-order valence-electron chi connectivity index (χ0n) is 13.6. The molecule has 2 aromatic rings. The van der Waals surface area contributed by atoms with E-state index in [2.05, 4.69) is 5.32 Å². The van der Waals surface area contributed by atoms with Crippen LogP contribution >= 0.6 is 11.3 Å². The SMILES string of the molecule is O=C(Nc1cccs1)Oc1cccc([C@H]2O[C@H](CO)[C@@H](O)[C@H](O)[C@H]2O)c1. The van der Waals surface area contributed by atoms with Crippen molar-refractivity contribution in [2.24, 2.45) is 0 Å². The van der Waals surface area contributed by atoms with Gasteiger partial charge in [0.25, 0.3) is 0 Å². The quantitative estimate of drug-likeness (QED) is 0.532. The molecule has 26 heavy (non-hydrogen) atoms. The van der Waals surface area contributed by atoms with Crippen LogP contribution in [0.5, 0.6) is 5.75 Å². The Morgan fingerprint density at radius 3 is 2.65 bits per heavy atom. The highest BCUT2D eigenvalue weighted by molar-refractivity contribution is 7.14. The summed E-state index contributed by atoms with van der Waals surface area (Å²) in [6.07, 6.45) is -6.97. The summed E-state index contributed by atoms with van der Waals surface area (Å²) in [5.74, 6) is 0.216. The topological polar surface area (TPSA) is 128 Å². The van der Waals surface area contributed by atoms with E-state index in [1.165, 1.54) is 17.4 Å². The molecular formula is C17H19NO7S. The fourth-order valence-electron chi connectivity index (χ4n) is 2.71. The molecule has 1 aliphatic rings. The molecule has 8 nitrogen and oxygen atoms in total. The van der Waals surface area contributed by atoms with Gasteiger partial charge in [-0.15, -0.1) is 11.3 Å². The van der Waals surface area contributed by atoms with Crippen molar-refractivity contribution < 1.29 is 34.7 Å². The van der Waals surface area contributed by atoms with E-state index in [0.29, 0.717) is 10.6 Å². The Kier molecular flexibility index (Phi) is 5.87.